The molecule has 0 bridgehead atoms. The lowest BCUT2D eigenvalue weighted by Crippen LogP contribution is -2.49. The summed E-state index contributed by atoms with van der Waals surface area (Å²) in [5, 5.41) is 3.14. The normalized spacial score (nSPS) is 12.7. The quantitative estimate of drug-likeness (QED) is 0.594. The maximum absolute atomic E-state index is 12.8. The van der Waals surface area contributed by atoms with Crippen molar-refractivity contribution in [3.63, 3.8) is 0 Å². The van der Waals surface area contributed by atoms with Crippen LogP contribution in [0, 0.1) is 5.92 Å². The molecule has 0 aliphatic rings. The van der Waals surface area contributed by atoms with Gasteiger partial charge < -0.3 is 10.1 Å². The van der Waals surface area contributed by atoms with Crippen molar-refractivity contribution in [2.45, 2.75) is 44.9 Å². The Kier molecular flexibility index (Phi) is 8.64. The monoisotopic (exact) mass is 438 g/mol. The standard InChI is InChI=1S/C21H27ClN2O4S/c1-4-28-14-17-9-6-5-8-16(17)13-23-21(25)20(15(2)3)24-29(26,27)19-11-7-10-18(22)12-19/h5-12,15,20,24H,4,13-14H2,1-3H3,(H,23,25)/t20-/m1/s1. The molecule has 0 aliphatic carbocycles. The summed E-state index contributed by atoms with van der Waals surface area (Å²) >= 11 is 5.90. The lowest BCUT2D eigenvalue weighted by molar-refractivity contribution is -0.123. The summed E-state index contributed by atoms with van der Waals surface area (Å²) in [4.78, 5) is 12.8. The average molecular weight is 439 g/mol. The molecule has 6 nitrogen and oxygen atoms in total. The number of benzene rings is 2. The van der Waals surface area contributed by atoms with E-state index in [9.17, 15) is 13.2 Å². The summed E-state index contributed by atoms with van der Waals surface area (Å²) in [5.41, 5.74) is 1.91. The Morgan fingerprint density at radius 1 is 1.10 bits per heavy atom. The molecule has 0 fully saturated rings. The number of hydrogen-bond acceptors (Lipinski definition) is 4. The van der Waals surface area contributed by atoms with Gasteiger partial charge in [-0.1, -0.05) is 55.8 Å². The zero-order chi connectivity index (χ0) is 21.4. The SMILES string of the molecule is CCOCc1ccccc1CNC(=O)[C@H](NS(=O)(=O)c1cccc(Cl)c1)C(C)C. The third-order valence-electron chi connectivity index (χ3n) is 4.37. The van der Waals surface area contributed by atoms with Gasteiger partial charge in [-0.3, -0.25) is 4.79 Å². The van der Waals surface area contributed by atoms with Crippen LogP contribution in [0.4, 0.5) is 0 Å². The van der Waals surface area contributed by atoms with E-state index in [1.54, 1.807) is 26.0 Å². The molecule has 0 spiro atoms. The number of ether oxygens (including phenoxy) is 1. The molecular weight excluding hydrogens is 412 g/mol. The van der Waals surface area contributed by atoms with Gasteiger partial charge >= 0.3 is 0 Å². The van der Waals surface area contributed by atoms with Crippen LogP contribution in [0.3, 0.4) is 0 Å². The van der Waals surface area contributed by atoms with Gasteiger partial charge in [-0.15, -0.1) is 0 Å². The smallest absolute Gasteiger partial charge is 0.241 e. The number of sulfonamides is 1. The molecule has 1 amide bonds. The minimum absolute atomic E-state index is 0.0190. The van der Waals surface area contributed by atoms with Crippen LogP contribution in [0.2, 0.25) is 5.02 Å². The molecule has 0 radical (unpaired) electrons. The lowest BCUT2D eigenvalue weighted by Gasteiger charge is -2.22. The van der Waals surface area contributed by atoms with E-state index in [0.717, 1.165) is 11.1 Å². The molecule has 0 saturated carbocycles. The molecule has 158 valence electrons. The molecule has 29 heavy (non-hydrogen) atoms. The Balaban J connectivity index is 2.11. The topological polar surface area (TPSA) is 84.5 Å². The largest absolute Gasteiger partial charge is 0.377 e. The first-order chi connectivity index (χ1) is 13.7. The van der Waals surface area contributed by atoms with Crippen molar-refractivity contribution in [3.8, 4) is 0 Å². The van der Waals surface area contributed by atoms with Gasteiger partial charge in [0.2, 0.25) is 15.9 Å². The van der Waals surface area contributed by atoms with E-state index >= 15 is 0 Å². The highest BCUT2D eigenvalue weighted by atomic mass is 35.5. The first-order valence-electron chi connectivity index (χ1n) is 9.44. The van der Waals surface area contributed by atoms with Gasteiger partial charge in [-0.05, 0) is 42.2 Å². The zero-order valence-electron chi connectivity index (χ0n) is 16.8. The molecule has 2 aromatic rings. The Morgan fingerprint density at radius 2 is 1.79 bits per heavy atom. The first kappa shape index (κ1) is 23.3. The van der Waals surface area contributed by atoms with E-state index in [2.05, 4.69) is 10.0 Å². The second kappa shape index (κ2) is 10.7. The second-order valence-corrected chi connectivity index (χ2v) is 9.07. The maximum atomic E-state index is 12.8. The summed E-state index contributed by atoms with van der Waals surface area (Å²) in [7, 11) is -3.89. The second-order valence-electron chi connectivity index (χ2n) is 6.92. The molecule has 2 N–H and O–H groups in total. The van der Waals surface area contributed by atoms with Crippen LogP contribution in [-0.2, 0) is 32.7 Å². The van der Waals surface area contributed by atoms with E-state index < -0.39 is 22.0 Å². The predicted octanol–water partition coefficient (Wildman–Crippen LogP) is 3.50. The van der Waals surface area contributed by atoms with Crippen LogP contribution in [-0.4, -0.2) is 27.0 Å². The van der Waals surface area contributed by atoms with Crippen LogP contribution in [0.5, 0.6) is 0 Å². The Labute approximate surface area is 177 Å². The minimum Gasteiger partial charge on any atom is -0.377 e. The molecule has 2 rings (SSSR count). The van der Waals surface area contributed by atoms with E-state index in [4.69, 9.17) is 16.3 Å². The minimum atomic E-state index is -3.89. The molecule has 0 aromatic heterocycles. The fourth-order valence-corrected chi connectivity index (χ4v) is 4.38. The highest BCUT2D eigenvalue weighted by Gasteiger charge is 2.28. The van der Waals surface area contributed by atoms with Crippen molar-refractivity contribution in [2.75, 3.05) is 6.61 Å². The van der Waals surface area contributed by atoms with Crippen molar-refractivity contribution in [1.82, 2.24) is 10.0 Å². The average Bonchev–Trinajstić information content (AvgIpc) is 2.69. The van der Waals surface area contributed by atoms with Crippen molar-refractivity contribution in [2.24, 2.45) is 5.92 Å². The van der Waals surface area contributed by atoms with E-state index in [-0.39, 0.29) is 17.4 Å². The predicted molar refractivity (Wildman–Crippen MR) is 114 cm³/mol. The van der Waals surface area contributed by atoms with Crippen LogP contribution in [0.25, 0.3) is 0 Å². The molecule has 0 heterocycles. The molecule has 1 atom stereocenters. The molecule has 0 aliphatic heterocycles. The van der Waals surface area contributed by atoms with Crippen molar-refractivity contribution in [1.29, 1.82) is 0 Å². The van der Waals surface area contributed by atoms with Crippen LogP contribution >= 0.6 is 11.6 Å². The Hall–Kier alpha value is -1.93. The third-order valence-corrected chi connectivity index (χ3v) is 6.04. The fraction of sp³-hybridized carbons (Fsp3) is 0.381. The molecule has 0 unspecified atom stereocenters. The maximum Gasteiger partial charge on any atom is 0.241 e. The van der Waals surface area contributed by atoms with Gasteiger partial charge in [0.05, 0.1) is 11.5 Å². The summed E-state index contributed by atoms with van der Waals surface area (Å²) in [5.74, 6) is -0.639. The highest BCUT2D eigenvalue weighted by molar-refractivity contribution is 7.89. The Morgan fingerprint density at radius 3 is 2.41 bits per heavy atom. The molecule has 0 saturated heterocycles. The number of carbonyl (C=O) groups excluding carboxylic acids is 1. The number of amides is 1. The van der Waals surface area contributed by atoms with Crippen molar-refractivity contribution >= 4 is 27.5 Å². The summed E-state index contributed by atoms with van der Waals surface area (Å²) in [6, 6.07) is 12.7. The molecule has 8 heteroatoms. The zero-order valence-corrected chi connectivity index (χ0v) is 18.4. The summed E-state index contributed by atoms with van der Waals surface area (Å²) < 4.78 is 33.3. The number of rotatable bonds is 10. The number of halogens is 1. The Bertz CT molecular complexity index is 932. The van der Waals surface area contributed by atoms with Crippen LogP contribution in [0.1, 0.15) is 31.9 Å². The van der Waals surface area contributed by atoms with Gasteiger partial charge in [0.25, 0.3) is 0 Å². The van der Waals surface area contributed by atoms with Gasteiger partial charge in [-0.2, -0.15) is 4.72 Å². The number of hydrogen-bond donors (Lipinski definition) is 2. The van der Waals surface area contributed by atoms with E-state index in [0.29, 0.717) is 18.2 Å². The van der Waals surface area contributed by atoms with Crippen LogP contribution < -0.4 is 10.0 Å². The van der Waals surface area contributed by atoms with Crippen molar-refractivity contribution < 1.29 is 17.9 Å². The van der Waals surface area contributed by atoms with Gasteiger partial charge in [0.1, 0.15) is 6.04 Å². The van der Waals surface area contributed by atoms with Gasteiger partial charge in [0.15, 0.2) is 0 Å². The fourth-order valence-electron chi connectivity index (χ4n) is 2.74. The van der Waals surface area contributed by atoms with E-state index in [1.165, 1.54) is 12.1 Å². The highest BCUT2D eigenvalue weighted by Crippen LogP contribution is 2.17. The summed E-state index contributed by atoms with van der Waals surface area (Å²) in [6.45, 7) is 6.83. The molecular formula is C21H27ClN2O4S. The number of nitrogens with one attached hydrogen (secondary N) is 2. The van der Waals surface area contributed by atoms with Gasteiger partial charge in [-0.25, -0.2) is 8.42 Å². The lowest BCUT2D eigenvalue weighted by atomic mass is 10.0. The van der Waals surface area contributed by atoms with E-state index in [1.807, 2.05) is 31.2 Å². The van der Waals surface area contributed by atoms with Crippen molar-refractivity contribution in [3.05, 3.63) is 64.7 Å². The third kappa shape index (κ3) is 6.82. The van der Waals surface area contributed by atoms with Gasteiger partial charge in [0, 0.05) is 18.2 Å². The van der Waals surface area contributed by atoms with Crippen LogP contribution in [0.15, 0.2) is 53.4 Å². The molecule has 2 aromatic carbocycles. The summed E-state index contributed by atoms with van der Waals surface area (Å²) in [6.07, 6.45) is 0. The first-order valence-corrected chi connectivity index (χ1v) is 11.3. The number of carbonyl (C=O) groups is 1.